The molecule has 1 aromatic carbocycles. The van der Waals surface area contributed by atoms with E-state index in [4.69, 9.17) is 9.47 Å². The molecule has 0 aliphatic carbocycles. The van der Waals surface area contributed by atoms with Crippen LogP contribution >= 0.6 is 0 Å². The van der Waals surface area contributed by atoms with E-state index in [1.165, 1.54) is 0 Å². The van der Waals surface area contributed by atoms with Crippen molar-refractivity contribution in [1.82, 2.24) is 9.97 Å². The molecule has 4 aliphatic rings. The first kappa shape index (κ1) is 22.1. The molecule has 9 nitrogen and oxygen atoms in total. The second-order valence-electron chi connectivity index (χ2n) is 10.2. The van der Waals surface area contributed by atoms with Crippen LogP contribution < -0.4 is 24.6 Å². The number of nitrogens with zero attached hydrogens (tertiary/aromatic N) is 4. The number of aromatic nitrogens is 2. The molecule has 188 valence electrons. The Bertz CT molecular complexity index is 1460. The zero-order valence-corrected chi connectivity index (χ0v) is 20.7. The number of hydrogen-bond acceptors (Lipinski definition) is 7. The van der Waals surface area contributed by atoms with Crippen molar-refractivity contribution in [2.75, 3.05) is 28.3 Å². The van der Waals surface area contributed by atoms with Crippen molar-refractivity contribution < 1.29 is 19.1 Å². The van der Waals surface area contributed by atoms with Crippen molar-refractivity contribution in [3.8, 4) is 22.8 Å². The Hall–Kier alpha value is -4.14. The van der Waals surface area contributed by atoms with Crippen molar-refractivity contribution in [1.29, 1.82) is 0 Å². The molecule has 2 amide bonds. The number of nitrogens with one attached hydrogen (secondary N) is 1. The minimum atomic E-state index is -0.185. The molecule has 0 bridgehead atoms. The van der Waals surface area contributed by atoms with Crippen LogP contribution in [0.15, 0.2) is 42.7 Å². The molecule has 6 heterocycles. The molecule has 37 heavy (non-hydrogen) atoms. The lowest BCUT2D eigenvalue weighted by molar-refractivity contribution is -0.120. The highest BCUT2D eigenvalue weighted by Crippen LogP contribution is 2.45. The van der Waals surface area contributed by atoms with E-state index in [0.717, 1.165) is 53.2 Å². The van der Waals surface area contributed by atoms with Gasteiger partial charge in [-0.3, -0.25) is 9.59 Å². The van der Waals surface area contributed by atoms with Gasteiger partial charge in [0.15, 0.2) is 0 Å². The van der Waals surface area contributed by atoms with E-state index in [-0.39, 0.29) is 29.9 Å². The Kier molecular flexibility index (Phi) is 4.89. The molecule has 3 aromatic rings. The Morgan fingerprint density at radius 2 is 1.95 bits per heavy atom. The van der Waals surface area contributed by atoms with Crippen LogP contribution in [0.3, 0.4) is 0 Å². The Balaban J connectivity index is 1.18. The number of carbonyl (C=O) groups is 2. The van der Waals surface area contributed by atoms with Crippen LogP contribution in [-0.2, 0) is 9.59 Å². The summed E-state index contributed by atoms with van der Waals surface area (Å²) in [5.41, 5.74) is 5.30. The number of rotatable bonds is 3. The van der Waals surface area contributed by atoms with Gasteiger partial charge < -0.3 is 24.6 Å². The molecule has 2 unspecified atom stereocenters. The van der Waals surface area contributed by atoms with E-state index in [1.807, 2.05) is 60.2 Å². The van der Waals surface area contributed by atoms with Crippen molar-refractivity contribution in [2.24, 2.45) is 5.92 Å². The summed E-state index contributed by atoms with van der Waals surface area (Å²) >= 11 is 0. The third-order valence-electron chi connectivity index (χ3n) is 7.74. The van der Waals surface area contributed by atoms with Crippen LogP contribution in [0.4, 0.5) is 22.9 Å². The Morgan fingerprint density at radius 1 is 1.05 bits per heavy atom. The van der Waals surface area contributed by atoms with Crippen molar-refractivity contribution in [2.45, 2.75) is 45.3 Å². The highest BCUT2D eigenvalue weighted by atomic mass is 16.5. The van der Waals surface area contributed by atoms with Gasteiger partial charge in [-0.1, -0.05) is 6.92 Å². The number of fused-ring (bicyclic) bond motifs is 6. The van der Waals surface area contributed by atoms with Gasteiger partial charge in [-0.05, 0) is 44.0 Å². The number of amides is 2. The van der Waals surface area contributed by atoms with Gasteiger partial charge in [0.1, 0.15) is 30.0 Å². The summed E-state index contributed by atoms with van der Waals surface area (Å²) in [5, 5.41) is 3.34. The van der Waals surface area contributed by atoms with E-state index >= 15 is 0 Å². The number of pyridine rings is 2. The summed E-state index contributed by atoms with van der Waals surface area (Å²) in [4.78, 5) is 37.7. The average Bonchev–Trinajstić information content (AvgIpc) is 3.46. The van der Waals surface area contributed by atoms with Gasteiger partial charge in [0.25, 0.3) is 0 Å². The van der Waals surface area contributed by atoms with Crippen LogP contribution in [0.5, 0.6) is 11.6 Å². The van der Waals surface area contributed by atoms with Crippen LogP contribution in [0.2, 0.25) is 0 Å². The lowest BCUT2D eigenvalue weighted by Gasteiger charge is -2.31. The second-order valence-corrected chi connectivity index (χ2v) is 10.2. The molecule has 0 spiro atoms. The van der Waals surface area contributed by atoms with Crippen LogP contribution in [0.25, 0.3) is 11.1 Å². The third kappa shape index (κ3) is 3.52. The van der Waals surface area contributed by atoms with Gasteiger partial charge in [0, 0.05) is 53.5 Å². The topological polar surface area (TPSA) is 96.9 Å². The minimum absolute atomic E-state index is 0.0187. The van der Waals surface area contributed by atoms with Crippen LogP contribution in [0.1, 0.15) is 44.8 Å². The summed E-state index contributed by atoms with van der Waals surface area (Å²) < 4.78 is 12.1. The SMILES string of the molecule is CC1C[C@H]2COc3ncc(Nc4cc5c(cn4)-c4ccc(N6CCCC6=O)cc4OC5C)cc3N2C1=O. The molecule has 0 radical (unpaired) electrons. The highest BCUT2D eigenvalue weighted by Gasteiger charge is 2.42. The predicted octanol–water partition coefficient (Wildman–Crippen LogP) is 4.60. The summed E-state index contributed by atoms with van der Waals surface area (Å²) in [6.45, 7) is 5.19. The third-order valence-corrected chi connectivity index (χ3v) is 7.74. The molecule has 9 heteroatoms. The zero-order valence-electron chi connectivity index (χ0n) is 20.7. The van der Waals surface area contributed by atoms with Crippen molar-refractivity contribution in [3.63, 3.8) is 0 Å². The molecule has 2 fully saturated rings. The largest absolute Gasteiger partial charge is 0.485 e. The van der Waals surface area contributed by atoms with E-state index in [1.54, 1.807) is 6.20 Å². The molecule has 2 saturated heterocycles. The zero-order chi connectivity index (χ0) is 25.3. The monoisotopic (exact) mass is 497 g/mol. The highest BCUT2D eigenvalue weighted by molar-refractivity contribution is 6.00. The number of benzene rings is 1. The molecular weight excluding hydrogens is 470 g/mol. The fraction of sp³-hybridized carbons (Fsp3) is 0.357. The first-order valence-electron chi connectivity index (χ1n) is 12.8. The molecule has 2 aromatic heterocycles. The van der Waals surface area contributed by atoms with Gasteiger partial charge >= 0.3 is 0 Å². The van der Waals surface area contributed by atoms with Gasteiger partial charge in [-0.2, -0.15) is 0 Å². The fourth-order valence-corrected chi connectivity index (χ4v) is 5.88. The summed E-state index contributed by atoms with van der Waals surface area (Å²) in [6.07, 6.45) is 5.63. The van der Waals surface area contributed by atoms with Gasteiger partial charge in [0.05, 0.1) is 17.9 Å². The van der Waals surface area contributed by atoms with E-state index in [0.29, 0.717) is 30.4 Å². The lowest BCUT2D eigenvalue weighted by Crippen LogP contribution is -2.41. The molecule has 1 N–H and O–H groups in total. The Labute approximate surface area is 214 Å². The number of anilines is 4. The smallest absolute Gasteiger partial charge is 0.238 e. The lowest BCUT2D eigenvalue weighted by atomic mass is 9.94. The van der Waals surface area contributed by atoms with Crippen LogP contribution in [-0.4, -0.2) is 41.0 Å². The first-order valence-corrected chi connectivity index (χ1v) is 12.8. The second kappa shape index (κ2) is 8.19. The molecule has 3 atom stereocenters. The maximum Gasteiger partial charge on any atom is 0.238 e. The first-order chi connectivity index (χ1) is 18.0. The maximum absolute atomic E-state index is 12.8. The maximum atomic E-state index is 12.8. The predicted molar refractivity (Wildman–Crippen MR) is 138 cm³/mol. The molecule has 4 aliphatic heterocycles. The summed E-state index contributed by atoms with van der Waals surface area (Å²) in [6, 6.07) is 9.89. The van der Waals surface area contributed by atoms with Crippen LogP contribution in [0, 0.1) is 5.92 Å². The fourth-order valence-electron chi connectivity index (χ4n) is 5.88. The average molecular weight is 498 g/mol. The number of hydrogen-bond donors (Lipinski definition) is 1. The van der Waals surface area contributed by atoms with Crippen molar-refractivity contribution in [3.05, 3.63) is 48.3 Å². The normalized spacial score (nSPS) is 23.6. The van der Waals surface area contributed by atoms with E-state index < -0.39 is 0 Å². The Morgan fingerprint density at radius 3 is 2.78 bits per heavy atom. The van der Waals surface area contributed by atoms with E-state index in [9.17, 15) is 9.59 Å². The molecule has 7 rings (SSSR count). The number of ether oxygens (including phenoxy) is 2. The molecular formula is C28H27N5O4. The summed E-state index contributed by atoms with van der Waals surface area (Å²) in [7, 11) is 0. The van der Waals surface area contributed by atoms with Gasteiger partial charge in [-0.25, -0.2) is 9.97 Å². The quantitative estimate of drug-likeness (QED) is 0.565. The van der Waals surface area contributed by atoms with Gasteiger partial charge in [-0.15, -0.1) is 0 Å². The van der Waals surface area contributed by atoms with Crippen molar-refractivity contribution >= 4 is 34.7 Å². The van der Waals surface area contributed by atoms with E-state index in [2.05, 4.69) is 15.3 Å². The molecule has 0 saturated carbocycles. The number of carbonyl (C=O) groups excluding carboxylic acids is 2. The summed E-state index contributed by atoms with van der Waals surface area (Å²) in [5.74, 6) is 2.16. The standard InChI is InChI=1S/C28H27N5O4/c1-15-8-19-14-36-27-23(33(19)28(15)35)9-17(12-30-27)31-25-11-21-16(2)37-24-10-18(32-7-3-4-26(32)34)5-6-20(24)22(21)13-29-25/h5-6,9-13,15-16,19H,3-4,7-8,14H2,1-2H3,(H,29,31)/t15?,16?,19-/m0/s1. The minimum Gasteiger partial charge on any atom is -0.485 e. The van der Waals surface area contributed by atoms with Gasteiger partial charge in [0.2, 0.25) is 17.7 Å².